The fraction of sp³-hybridized carbons (Fsp3) is 0.125. The van der Waals surface area contributed by atoms with Gasteiger partial charge < -0.3 is 15.1 Å². The van der Waals surface area contributed by atoms with Crippen LogP contribution >= 0.6 is 24.3 Å². The van der Waals surface area contributed by atoms with Crippen LogP contribution in [0.4, 0.5) is 5.69 Å². The molecule has 0 atom stereocenters. The topological polar surface area (TPSA) is 111 Å². The van der Waals surface area contributed by atoms with E-state index in [9.17, 15) is 18.2 Å². The van der Waals surface area contributed by atoms with Crippen molar-refractivity contribution in [2.75, 3.05) is 5.32 Å². The second kappa shape index (κ2) is 10.9. The molecule has 0 aliphatic carbocycles. The molecule has 100 valence electrons. The van der Waals surface area contributed by atoms with Crippen molar-refractivity contribution in [3.05, 3.63) is 18.2 Å². The quantitative estimate of drug-likeness (QED) is 0.138. The third-order valence-electron chi connectivity index (χ3n) is 1.65. The zero-order chi connectivity index (χ0) is 13.8. The van der Waals surface area contributed by atoms with Gasteiger partial charge in [0.05, 0.1) is 21.9 Å². The van der Waals surface area contributed by atoms with E-state index >= 15 is 0 Å². The van der Waals surface area contributed by atoms with Gasteiger partial charge in [-0.3, -0.25) is 5.04 Å². The van der Waals surface area contributed by atoms with Crippen LogP contribution in [0.2, 0.25) is 0 Å². The van der Waals surface area contributed by atoms with Gasteiger partial charge in [0.15, 0.2) is 0 Å². The number of thiocarbonyl (C=S) groups is 1. The molecular weight excluding hydrogens is 348 g/mol. The zero-order valence-electron chi connectivity index (χ0n) is 10.9. The summed E-state index contributed by atoms with van der Waals surface area (Å²) in [5.74, 6) is 0. The van der Waals surface area contributed by atoms with Crippen LogP contribution in [0.5, 0.6) is 0 Å². The Morgan fingerprint density at radius 1 is 1.35 bits per heavy atom. The Morgan fingerprint density at radius 2 is 1.95 bits per heavy atom. The van der Waals surface area contributed by atoms with Crippen molar-refractivity contribution in [3.8, 4) is 0 Å². The summed E-state index contributed by atoms with van der Waals surface area (Å²) in [6.07, 6.45) is 0. The van der Waals surface area contributed by atoms with Crippen molar-refractivity contribution in [2.24, 2.45) is 0 Å². The maximum Gasteiger partial charge on any atom is 1.00 e. The van der Waals surface area contributed by atoms with Crippen LogP contribution in [-0.2, 0) is 19.5 Å². The van der Waals surface area contributed by atoms with E-state index in [2.05, 4.69) is 14.7 Å². The van der Waals surface area contributed by atoms with Gasteiger partial charge in [0.1, 0.15) is 10.1 Å². The Kier molecular flexibility index (Phi) is 12.8. The molecule has 1 N–H and O–H groups in total. The van der Waals surface area contributed by atoms with Gasteiger partial charge in [-0.2, -0.15) is 4.33 Å². The number of hydrogen-bond donors (Lipinski definition) is 1. The largest absolute Gasteiger partial charge is 1.00 e. The molecule has 0 fully saturated rings. The standard InChI is InChI=1S/C8H9NO6S3.2Na/c1-5(16)9-6-2-7(17-15-14-10)4-8(3-6)18(11,12)13;;/h2-4,10H,1H3,(H,9,16)(H,11,12,13);;/q;2*+1/p-2. The summed E-state index contributed by atoms with van der Waals surface area (Å²) in [6, 6.07) is 3.62. The van der Waals surface area contributed by atoms with E-state index in [1.165, 1.54) is 6.07 Å². The Morgan fingerprint density at radius 3 is 2.40 bits per heavy atom. The van der Waals surface area contributed by atoms with Crippen molar-refractivity contribution in [2.45, 2.75) is 16.7 Å². The minimum absolute atomic E-state index is 0. The normalized spacial score (nSPS) is 10.2. The van der Waals surface area contributed by atoms with Crippen LogP contribution in [0.1, 0.15) is 6.92 Å². The van der Waals surface area contributed by atoms with Crippen molar-refractivity contribution in [1.29, 1.82) is 0 Å². The van der Waals surface area contributed by atoms with Gasteiger partial charge in [0.25, 0.3) is 0 Å². The number of hydrogen-bond acceptors (Lipinski definition) is 8. The average Bonchev–Trinajstić information content (AvgIpc) is 2.24. The molecule has 0 aliphatic rings. The first-order chi connectivity index (χ1) is 8.32. The first-order valence-electron chi connectivity index (χ1n) is 4.34. The van der Waals surface area contributed by atoms with E-state index in [1.54, 1.807) is 6.92 Å². The van der Waals surface area contributed by atoms with E-state index in [-0.39, 0.29) is 69.7 Å². The van der Waals surface area contributed by atoms with Crippen molar-refractivity contribution >= 4 is 45.1 Å². The molecule has 0 unspecified atom stereocenters. The third kappa shape index (κ3) is 8.63. The van der Waals surface area contributed by atoms with Gasteiger partial charge in [-0.15, -0.1) is 0 Å². The molecule has 0 aromatic heterocycles. The van der Waals surface area contributed by atoms with Gasteiger partial charge in [0, 0.05) is 10.6 Å². The molecule has 0 saturated heterocycles. The van der Waals surface area contributed by atoms with Gasteiger partial charge in [0.2, 0.25) is 0 Å². The van der Waals surface area contributed by atoms with Gasteiger partial charge in [-0.25, -0.2) is 8.42 Å². The summed E-state index contributed by atoms with van der Waals surface area (Å²) in [6.45, 7) is 1.58. The molecule has 12 heteroatoms. The average molecular weight is 355 g/mol. The summed E-state index contributed by atoms with van der Waals surface area (Å²) in [5.41, 5.74) is 0.288. The smallest absolute Gasteiger partial charge is 0.744 e. The second-order valence-electron chi connectivity index (χ2n) is 3.05. The predicted octanol–water partition coefficient (Wildman–Crippen LogP) is -5.41. The number of nitrogens with one attached hydrogen (secondary N) is 1. The molecule has 0 saturated carbocycles. The molecule has 0 aliphatic heterocycles. The fourth-order valence-corrected chi connectivity index (χ4v) is 2.28. The maximum atomic E-state index is 10.9. The minimum Gasteiger partial charge on any atom is -0.744 e. The zero-order valence-corrected chi connectivity index (χ0v) is 17.4. The number of rotatable bonds is 5. The number of benzene rings is 1. The van der Waals surface area contributed by atoms with Crippen LogP contribution in [0.3, 0.4) is 0 Å². The van der Waals surface area contributed by atoms with Gasteiger partial charge in [-0.1, -0.05) is 12.2 Å². The van der Waals surface area contributed by atoms with E-state index in [1.807, 2.05) is 0 Å². The fourth-order valence-electron chi connectivity index (χ4n) is 1.09. The van der Waals surface area contributed by atoms with Crippen molar-refractivity contribution in [1.82, 2.24) is 0 Å². The Bertz CT molecular complexity index is 553. The Hall–Kier alpha value is 1.25. The van der Waals surface area contributed by atoms with Crippen molar-refractivity contribution < 1.29 is 86.7 Å². The SMILES string of the molecule is CC(=S)Nc1cc(SOO[O-])cc(S(=O)(=O)[O-])c1.[Na+].[Na+]. The first kappa shape index (κ1) is 23.5. The van der Waals surface area contributed by atoms with E-state index in [4.69, 9.17) is 12.2 Å². The Labute approximate surface area is 170 Å². The Balaban J connectivity index is 0. The van der Waals surface area contributed by atoms with Crippen LogP contribution in [0, 0.1) is 0 Å². The molecule has 0 amide bonds. The molecule has 0 radical (unpaired) electrons. The molecule has 1 aromatic rings. The monoisotopic (exact) mass is 355 g/mol. The molecule has 20 heavy (non-hydrogen) atoms. The van der Waals surface area contributed by atoms with Crippen LogP contribution in [-0.4, -0.2) is 18.0 Å². The van der Waals surface area contributed by atoms with Crippen molar-refractivity contribution in [3.63, 3.8) is 0 Å². The van der Waals surface area contributed by atoms with Crippen LogP contribution < -0.4 is 69.7 Å². The summed E-state index contributed by atoms with van der Waals surface area (Å²) in [5, 5.41) is 15.5. The summed E-state index contributed by atoms with van der Waals surface area (Å²) in [4.78, 5) is 0.106. The molecule has 1 aromatic carbocycles. The number of anilines is 1. The molecule has 1 rings (SSSR count). The molecular formula is C8H7NNa2O6S3. The summed E-state index contributed by atoms with van der Waals surface area (Å²) < 4.78 is 36.9. The summed E-state index contributed by atoms with van der Waals surface area (Å²) >= 11 is 5.26. The van der Waals surface area contributed by atoms with Gasteiger partial charge in [-0.05, 0) is 25.1 Å². The predicted molar refractivity (Wildman–Crippen MR) is 64.3 cm³/mol. The molecule has 7 nitrogen and oxygen atoms in total. The minimum atomic E-state index is -4.63. The molecule has 0 heterocycles. The van der Waals surface area contributed by atoms with E-state index in [0.717, 1.165) is 12.1 Å². The summed E-state index contributed by atoms with van der Waals surface area (Å²) in [7, 11) is -4.63. The maximum absolute atomic E-state index is 10.9. The molecule has 0 spiro atoms. The van der Waals surface area contributed by atoms with E-state index < -0.39 is 15.0 Å². The second-order valence-corrected chi connectivity index (χ2v) is 5.81. The van der Waals surface area contributed by atoms with Crippen LogP contribution in [0.15, 0.2) is 28.0 Å². The van der Waals surface area contributed by atoms with Gasteiger partial charge >= 0.3 is 59.1 Å². The third-order valence-corrected chi connectivity index (χ3v) is 3.11. The molecule has 0 bridgehead atoms. The first-order valence-corrected chi connectivity index (χ1v) is 6.90. The van der Waals surface area contributed by atoms with E-state index in [0.29, 0.717) is 17.0 Å². The van der Waals surface area contributed by atoms with Crippen LogP contribution in [0.25, 0.3) is 0 Å².